The van der Waals surface area contributed by atoms with Crippen molar-refractivity contribution in [1.82, 2.24) is 0 Å². The van der Waals surface area contributed by atoms with Crippen LogP contribution in [-0.4, -0.2) is 18.9 Å². The van der Waals surface area contributed by atoms with E-state index in [1.807, 2.05) is 34.6 Å². The molecule has 0 aliphatic carbocycles. The maximum Gasteiger partial charge on any atom is 0.313 e. The van der Waals surface area contributed by atoms with Crippen molar-refractivity contribution in [3.8, 4) is 0 Å². The van der Waals surface area contributed by atoms with E-state index in [0.29, 0.717) is 0 Å². The zero-order valence-electron chi connectivity index (χ0n) is 8.51. The first-order chi connectivity index (χ1) is 5.34. The number of hydrogen-bond donors (Lipinski definition) is 0. The molecule has 0 N–H and O–H groups in total. The fourth-order valence-corrected chi connectivity index (χ4v) is 0.440. The predicted octanol–water partition coefficient (Wildman–Crippen LogP) is 1.96. The van der Waals surface area contributed by atoms with Gasteiger partial charge in [0.05, 0.1) is 11.5 Å². The highest BCUT2D eigenvalue weighted by atomic mass is 16.7. The molecule has 0 aromatic rings. The predicted molar refractivity (Wildman–Crippen MR) is 46.6 cm³/mol. The van der Waals surface area contributed by atoms with Crippen LogP contribution in [0.25, 0.3) is 0 Å². The lowest BCUT2D eigenvalue weighted by Crippen LogP contribution is -2.24. The molecule has 0 fully saturated rings. The quantitative estimate of drug-likeness (QED) is 0.484. The standard InChI is InChI=1S/C9H18O3/c1-7(2)11-6-12-8(10)9(3,4)5/h7H,6H2,1-5H3. The zero-order valence-corrected chi connectivity index (χ0v) is 8.51. The van der Waals surface area contributed by atoms with Gasteiger partial charge in [0.15, 0.2) is 6.79 Å². The Morgan fingerprint density at radius 2 is 1.83 bits per heavy atom. The van der Waals surface area contributed by atoms with E-state index < -0.39 is 5.41 Å². The molecule has 72 valence electrons. The van der Waals surface area contributed by atoms with Crippen LogP contribution in [0.1, 0.15) is 34.6 Å². The lowest BCUT2D eigenvalue weighted by molar-refractivity contribution is -0.168. The van der Waals surface area contributed by atoms with Crippen molar-refractivity contribution in [2.45, 2.75) is 40.7 Å². The molecule has 12 heavy (non-hydrogen) atoms. The molecular weight excluding hydrogens is 156 g/mol. The van der Waals surface area contributed by atoms with Gasteiger partial charge in [-0.1, -0.05) is 0 Å². The van der Waals surface area contributed by atoms with E-state index in [0.717, 1.165) is 0 Å². The second-order valence-electron chi connectivity index (χ2n) is 4.02. The molecule has 0 amide bonds. The second kappa shape index (κ2) is 4.45. The number of carbonyl (C=O) groups excluding carboxylic acids is 1. The first kappa shape index (κ1) is 11.4. The molecule has 0 saturated heterocycles. The topological polar surface area (TPSA) is 35.5 Å². The van der Waals surface area contributed by atoms with Gasteiger partial charge >= 0.3 is 5.97 Å². The van der Waals surface area contributed by atoms with Gasteiger partial charge in [-0.3, -0.25) is 4.79 Å². The van der Waals surface area contributed by atoms with E-state index in [-0.39, 0.29) is 18.9 Å². The number of ether oxygens (including phenoxy) is 2. The van der Waals surface area contributed by atoms with Gasteiger partial charge in [-0.25, -0.2) is 0 Å². The summed E-state index contributed by atoms with van der Waals surface area (Å²) >= 11 is 0. The van der Waals surface area contributed by atoms with Gasteiger partial charge in [-0.2, -0.15) is 0 Å². The molecule has 0 unspecified atom stereocenters. The Kier molecular flexibility index (Phi) is 4.24. The molecular formula is C9H18O3. The number of carbonyl (C=O) groups is 1. The smallest absolute Gasteiger partial charge is 0.313 e. The summed E-state index contributed by atoms with van der Waals surface area (Å²) in [5.41, 5.74) is -0.444. The Morgan fingerprint density at radius 3 is 2.17 bits per heavy atom. The van der Waals surface area contributed by atoms with Crippen LogP contribution in [-0.2, 0) is 14.3 Å². The highest BCUT2D eigenvalue weighted by Crippen LogP contribution is 2.14. The van der Waals surface area contributed by atoms with Gasteiger partial charge in [0.2, 0.25) is 0 Å². The lowest BCUT2D eigenvalue weighted by atomic mass is 9.98. The molecule has 3 nitrogen and oxygen atoms in total. The van der Waals surface area contributed by atoms with Gasteiger partial charge in [-0.15, -0.1) is 0 Å². The fourth-order valence-electron chi connectivity index (χ4n) is 0.440. The van der Waals surface area contributed by atoms with Gasteiger partial charge < -0.3 is 9.47 Å². The molecule has 0 heterocycles. The Balaban J connectivity index is 3.59. The summed E-state index contributed by atoms with van der Waals surface area (Å²) in [5, 5.41) is 0. The maximum absolute atomic E-state index is 11.1. The Bertz CT molecular complexity index is 144. The number of esters is 1. The first-order valence-electron chi connectivity index (χ1n) is 4.13. The molecule has 0 spiro atoms. The van der Waals surface area contributed by atoms with Crippen LogP contribution in [0, 0.1) is 5.41 Å². The van der Waals surface area contributed by atoms with Gasteiger partial charge in [-0.05, 0) is 34.6 Å². The Hall–Kier alpha value is -0.570. The first-order valence-corrected chi connectivity index (χ1v) is 4.13. The number of rotatable bonds is 3. The molecule has 0 atom stereocenters. The summed E-state index contributed by atoms with van der Waals surface area (Å²) in [5.74, 6) is -0.233. The van der Waals surface area contributed by atoms with Crippen LogP contribution in [0.2, 0.25) is 0 Å². The highest BCUT2D eigenvalue weighted by molar-refractivity contribution is 5.75. The van der Waals surface area contributed by atoms with Crippen LogP contribution in [0.3, 0.4) is 0 Å². The van der Waals surface area contributed by atoms with E-state index in [9.17, 15) is 4.79 Å². The van der Waals surface area contributed by atoms with Crippen molar-refractivity contribution in [2.24, 2.45) is 5.41 Å². The normalized spacial score (nSPS) is 11.8. The van der Waals surface area contributed by atoms with Crippen LogP contribution in [0.15, 0.2) is 0 Å². The summed E-state index contributed by atoms with van der Waals surface area (Å²) in [6.07, 6.45) is 0.0952. The van der Waals surface area contributed by atoms with E-state index in [4.69, 9.17) is 9.47 Å². The molecule has 0 aliphatic rings. The highest BCUT2D eigenvalue weighted by Gasteiger charge is 2.22. The van der Waals surface area contributed by atoms with Gasteiger partial charge in [0.25, 0.3) is 0 Å². The van der Waals surface area contributed by atoms with Crippen molar-refractivity contribution in [1.29, 1.82) is 0 Å². The molecule has 3 heteroatoms. The Labute approximate surface area is 74.0 Å². The largest absolute Gasteiger partial charge is 0.438 e. The third-order valence-corrected chi connectivity index (χ3v) is 1.20. The van der Waals surface area contributed by atoms with E-state index >= 15 is 0 Å². The van der Waals surface area contributed by atoms with Crippen LogP contribution >= 0.6 is 0 Å². The minimum absolute atomic E-state index is 0.0494. The van der Waals surface area contributed by atoms with Crippen molar-refractivity contribution in [2.75, 3.05) is 6.79 Å². The minimum atomic E-state index is -0.444. The van der Waals surface area contributed by atoms with E-state index in [2.05, 4.69) is 0 Å². The van der Waals surface area contributed by atoms with Crippen molar-refractivity contribution in [3.63, 3.8) is 0 Å². The van der Waals surface area contributed by atoms with Crippen LogP contribution in [0.4, 0.5) is 0 Å². The van der Waals surface area contributed by atoms with Gasteiger partial charge in [0.1, 0.15) is 0 Å². The molecule has 0 bridgehead atoms. The summed E-state index contributed by atoms with van der Waals surface area (Å²) in [6, 6.07) is 0. The SMILES string of the molecule is CC(C)OCOC(=O)C(C)(C)C. The fraction of sp³-hybridized carbons (Fsp3) is 0.889. The van der Waals surface area contributed by atoms with Crippen molar-refractivity contribution in [3.05, 3.63) is 0 Å². The average molecular weight is 174 g/mol. The molecule has 0 radical (unpaired) electrons. The zero-order chi connectivity index (χ0) is 9.78. The second-order valence-corrected chi connectivity index (χ2v) is 4.02. The lowest BCUT2D eigenvalue weighted by Gasteiger charge is -2.17. The van der Waals surface area contributed by atoms with E-state index in [1.165, 1.54) is 0 Å². The third-order valence-electron chi connectivity index (χ3n) is 1.20. The summed E-state index contributed by atoms with van der Waals surface area (Å²) in [7, 11) is 0. The van der Waals surface area contributed by atoms with E-state index in [1.54, 1.807) is 0 Å². The number of hydrogen-bond acceptors (Lipinski definition) is 3. The summed E-state index contributed by atoms with van der Waals surface area (Å²) < 4.78 is 9.92. The minimum Gasteiger partial charge on any atom is -0.438 e. The molecule has 0 aromatic carbocycles. The van der Waals surface area contributed by atoms with Crippen LogP contribution < -0.4 is 0 Å². The molecule has 0 saturated carbocycles. The monoisotopic (exact) mass is 174 g/mol. The van der Waals surface area contributed by atoms with Crippen molar-refractivity contribution < 1.29 is 14.3 Å². The van der Waals surface area contributed by atoms with Gasteiger partial charge in [0, 0.05) is 0 Å². The Morgan fingerprint density at radius 1 is 1.33 bits per heavy atom. The van der Waals surface area contributed by atoms with Crippen molar-refractivity contribution >= 4 is 5.97 Å². The molecule has 0 rings (SSSR count). The van der Waals surface area contributed by atoms with Crippen LogP contribution in [0.5, 0.6) is 0 Å². The molecule has 0 aromatic heterocycles. The molecule has 0 aliphatic heterocycles. The maximum atomic E-state index is 11.1. The third kappa shape index (κ3) is 5.13. The average Bonchev–Trinajstić information content (AvgIpc) is 1.84. The summed E-state index contributed by atoms with van der Waals surface area (Å²) in [4.78, 5) is 11.1. The summed E-state index contributed by atoms with van der Waals surface area (Å²) in [6.45, 7) is 9.27.